The van der Waals surface area contributed by atoms with Crippen molar-refractivity contribution < 1.29 is 19.2 Å². The molecule has 3 rings (SSSR count). The number of carbonyl (C=O) groups is 1. The second kappa shape index (κ2) is 7.49. The standard InChI is InChI=1S/C18H22N2O4/c1-2-6-13-11-15(20-24-13)18(22)19-14-9-10-16(17(14)21)23-12-7-4-3-5-8-12/h3-5,7-8,11,14,16-17,21H,2,6,9-10H2,1H3,(H,19,22)/t14-,16-,17-/m1/s1. The molecule has 1 amide bonds. The quantitative estimate of drug-likeness (QED) is 0.849. The van der Waals surface area contributed by atoms with Crippen LogP contribution in [0, 0.1) is 0 Å². The third-order valence-corrected chi connectivity index (χ3v) is 4.19. The first-order valence-electron chi connectivity index (χ1n) is 8.33. The minimum absolute atomic E-state index is 0.248. The van der Waals surface area contributed by atoms with Crippen molar-refractivity contribution in [2.24, 2.45) is 0 Å². The fraction of sp³-hybridized carbons (Fsp3) is 0.444. The molecule has 6 nitrogen and oxygen atoms in total. The van der Waals surface area contributed by atoms with Gasteiger partial charge in [-0.25, -0.2) is 0 Å². The number of aliphatic hydroxyl groups is 1. The SMILES string of the molecule is CCCc1cc(C(=O)N[C@@H]2CC[C@@H](Oc3ccccc3)[C@@H]2O)no1. The molecule has 2 N–H and O–H groups in total. The van der Waals surface area contributed by atoms with E-state index in [1.807, 2.05) is 37.3 Å². The molecule has 3 atom stereocenters. The predicted molar refractivity (Wildman–Crippen MR) is 87.9 cm³/mol. The van der Waals surface area contributed by atoms with Gasteiger partial charge < -0.3 is 19.7 Å². The second-order valence-corrected chi connectivity index (χ2v) is 6.05. The van der Waals surface area contributed by atoms with Crippen molar-refractivity contribution in [3.63, 3.8) is 0 Å². The molecule has 0 radical (unpaired) electrons. The van der Waals surface area contributed by atoms with Crippen LogP contribution in [0.2, 0.25) is 0 Å². The van der Waals surface area contributed by atoms with Gasteiger partial charge in [-0.1, -0.05) is 30.3 Å². The van der Waals surface area contributed by atoms with Crippen LogP contribution in [0.4, 0.5) is 0 Å². The maximum absolute atomic E-state index is 12.2. The number of rotatable bonds is 6. The molecule has 0 bridgehead atoms. The molecular weight excluding hydrogens is 308 g/mol. The van der Waals surface area contributed by atoms with Gasteiger partial charge in [0.15, 0.2) is 5.69 Å². The van der Waals surface area contributed by atoms with Crippen LogP contribution in [0.15, 0.2) is 40.9 Å². The zero-order valence-corrected chi connectivity index (χ0v) is 13.6. The first kappa shape index (κ1) is 16.5. The molecule has 1 saturated carbocycles. The number of carbonyl (C=O) groups excluding carboxylic acids is 1. The number of aliphatic hydroxyl groups excluding tert-OH is 1. The lowest BCUT2D eigenvalue weighted by molar-refractivity contribution is 0.0433. The molecule has 0 unspecified atom stereocenters. The molecule has 1 heterocycles. The minimum Gasteiger partial charge on any atom is -0.488 e. The molecule has 1 aliphatic rings. The van der Waals surface area contributed by atoms with Gasteiger partial charge in [0.05, 0.1) is 6.04 Å². The predicted octanol–water partition coefficient (Wildman–Crippen LogP) is 2.33. The van der Waals surface area contributed by atoms with Gasteiger partial charge in [-0.2, -0.15) is 0 Å². The fourth-order valence-corrected chi connectivity index (χ4v) is 2.93. The van der Waals surface area contributed by atoms with Crippen LogP contribution < -0.4 is 10.1 Å². The van der Waals surface area contributed by atoms with Crippen LogP contribution in [0.1, 0.15) is 42.4 Å². The van der Waals surface area contributed by atoms with Crippen LogP contribution in [0.5, 0.6) is 5.75 Å². The molecule has 2 aromatic rings. The number of nitrogens with one attached hydrogen (secondary N) is 1. The van der Waals surface area contributed by atoms with Crippen LogP contribution in [0.25, 0.3) is 0 Å². The highest BCUT2D eigenvalue weighted by Crippen LogP contribution is 2.25. The van der Waals surface area contributed by atoms with E-state index in [4.69, 9.17) is 9.26 Å². The van der Waals surface area contributed by atoms with Crippen molar-refractivity contribution >= 4 is 5.91 Å². The summed E-state index contributed by atoms with van der Waals surface area (Å²) in [6.07, 6.45) is 1.93. The summed E-state index contributed by atoms with van der Waals surface area (Å²) in [4.78, 5) is 12.2. The molecule has 1 aromatic carbocycles. The number of para-hydroxylation sites is 1. The van der Waals surface area contributed by atoms with Crippen LogP contribution in [-0.2, 0) is 6.42 Å². The van der Waals surface area contributed by atoms with Gasteiger partial charge in [0.25, 0.3) is 5.91 Å². The summed E-state index contributed by atoms with van der Waals surface area (Å²) in [6, 6.07) is 10.7. The topological polar surface area (TPSA) is 84.6 Å². The zero-order chi connectivity index (χ0) is 16.9. The highest BCUT2D eigenvalue weighted by Gasteiger charge is 2.37. The Morgan fingerprint density at radius 3 is 2.92 bits per heavy atom. The first-order valence-corrected chi connectivity index (χ1v) is 8.33. The number of aryl methyl sites for hydroxylation is 1. The maximum atomic E-state index is 12.2. The summed E-state index contributed by atoms with van der Waals surface area (Å²) >= 11 is 0. The third kappa shape index (κ3) is 3.76. The Morgan fingerprint density at radius 1 is 1.38 bits per heavy atom. The van der Waals surface area contributed by atoms with E-state index in [1.54, 1.807) is 6.07 Å². The Bertz CT molecular complexity index is 671. The lowest BCUT2D eigenvalue weighted by Gasteiger charge is -2.21. The molecule has 128 valence electrons. The number of nitrogens with zero attached hydrogens (tertiary/aromatic N) is 1. The molecular formula is C18H22N2O4. The Kier molecular flexibility index (Phi) is 5.15. The lowest BCUT2D eigenvalue weighted by Crippen LogP contribution is -2.44. The molecule has 0 saturated heterocycles. The zero-order valence-electron chi connectivity index (χ0n) is 13.6. The van der Waals surface area contributed by atoms with Crippen LogP contribution in [0.3, 0.4) is 0 Å². The third-order valence-electron chi connectivity index (χ3n) is 4.19. The van der Waals surface area contributed by atoms with Crippen LogP contribution >= 0.6 is 0 Å². The van der Waals surface area contributed by atoms with E-state index in [9.17, 15) is 9.90 Å². The van der Waals surface area contributed by atoms with Crippen molar-refractivity contribution in [2.45, 2.75) is 50.9 Å². The molecule has 0 aliphatic heterocycles. The average Bonchev–Trinajstić information content (AvgIpc) is 3.18. The lowest BCUT2D eigenvalue weighted by atomic mass is 10.2. The molecule has 1 fully saturated rings. The summed E-state index contributed by atoms with van der Waals surface area (Å²) in [6.45, 7) is 2.03. The fourth-order valence-electron chi connectivity index (χ4n) is 2.93. The Labute approximate surface area is 140 Å². The molecule has 6 heteroatoms. The monoisotopic (exact) mass is 330 g/mol. The normalized spacial score (nSPS) is 23.2. The Morgan fingerprint density at radius 2 is 2.17 bits per heavy atom. The van der Waals surface area contributed by atoms with E-state index in [-0.39, 0.29) is 23.7 Å². The minimum atomic E-state index is -0.754. The van der Waals surface area contributed by atoms with E-state index < -0.39 is 6.10 Å². The number of aromatic nitrogens is 1. The van der Waals surface area contributed by atoms with Gasteiger partial charge in [-0.3, -0.25) is 4.79 Å². The Hall–Kier alpha value is -2.34. The van der Waals surface area contributed by atoms with Gasteiger partial charge in [0.2, 0.25) is 0 Å². The van der Waals surface area contributed by atoms with Crippen molar-refractivity contribution in [1.82, 2.24) is 10.5 Å². The van der Waals surface area contributed by atoms with E-state index in [0.717, 1.165) is 12.8 Å². The summed E-state index contributed by atoms with van der Waals surface area (Å²) in [5.41, 5.74) is 0.248. The largest absolute Gasteiger partial charge is 0.488 e. The number of ether oxygens (including phenoxy) is 1. The van der Waals surface area contributed by atoms with Crippen LogP contribution in [-0.4, -0.2) is 34.4 Å². The van der Waals surface area contributed by atoms with Crippen molar-refractivity contribution in [3.05, 3.63) is 47.9 Å². The van der Waals surface area contributed by atoms with E-state index in [2.05, 4.69) is 10.5 Å². The van der Waals surface area contributed by atoms with Gasteiger partial charge >= 0.3 is 0 Å². The van der Waals surface area contributed by atoms with E-state index >= 15 is 0 Å². The molecule has 1 aromatic heterocycles. The summed E-state index contributed by atoms with van der Waals surface area (Å²) in [5.74, 6) is 1.08. The molecule has 0 spiro atoms. The average molecular weight is 330 g/mol. The summed E-state index contributed by atoms with van der Waals surface area (Å²) in [7, 11) is 0. The van der Waals surface area contributed by atoms with Gasteiger partial charge in [-0.05, 0) is 31.4 Å². The van der Waals surface area contributed by atoms with E-state index in [0.29, 0.717) is 24.4 Å². The Balaban J connectivity index is 1.56. The molecule has 24 heavy (non-hydrogen) atoms. The summed E-state index contributed by atoms with van der Waals surface area (Å²) < 4.78 is 10.9. The summed E-state index contributed by atoms with van der Waals surface area (Å²) in [5, 5.41) is 17.0. The maximum Gasteiger partial charge on any atom is 0.273 e. The smallest absolute Gasteiger partial charge is 0.273 e. The number of hydrogen-bond donors (Lipinski definition) is 2. The number of amides is 1. The number of hydrogen-bond acceptors (Lipinski definition) is 5. The van der Waals surface area contributed by atoms with Crippen molar-refractivity contribution in [3.8, 4) is 5.75 Å². The van der Waals surface area contributed by atoms with Gasteiger partial charge in [0, 0.05) is 12.5 Å². The highest BCUT2D eigenvalue weighted by molar-refractivity contribution is 5.92. The second-order valence-electron chi connectivity index (χ2n) is 6.05. The highest BCUT2D eigenvalue weighted by atomic mass is 16.5. The molecule has 1 aliphatic carbocycles. The van der Waals surface area contributed by atoms with Gasteiger partial charge in [0.1, 0.15) is 23.7 Å². The van der Waals surface area contributed by atoms with Crippen molar-refractivity contribution in [2.75, 3.05) is 0 Å². The van der Waals surface area contributed by atoms with E-state index in [1.165, 1.54) is 0 Å². The van der Waals surface area contributed by atoms with Crippen molar-refractivity contribution in [1.29, 1.82) is 0 Å². The first-order chi connectivity index (χ1) is 11.7. The number of benzene rings is 1. The van der Waals surface area contributed by atoms with Gasteiger partial charge in [-0.15, -0.1) is 0 Å².